The highest BCUT2D eigenvalue weighted by Crippen LogP contribution is 2.50. The van der Waals surface area contributed by atoms with Gasteiger partial charge in [-0.1, -0.05) is 133 Å². The summed E-state index contributed by atoms with van der Waals surface area (Å²) in [5.41, 5.74) is 14.9. The summed E-state index contributed by atoms with van der Waals surface area (Å²) >= 11 is 0. The predicted octanol–water partition coefficient (Wildman–Crippen LogP) is 14.3. The minimum Gasteiger partial charge on any atom is -0.308 e. The van der Waals surface area contributed by atoms with E-state index in [0.29, 0.717) is 17.5 Å². The van der Waals surface area contributed by atoms with Crippen LogP contribution in [-0.2, 0) is 0 Å². The third-order valence-electron chi connectivity index (χ3n) is 11.7. The SMILES string of the molecule is Cc1ccnc2c3nccc(C)c3n(-c3c(N(c4ccccc4)c4ccccc4)cc(-c4nc(-c5ccccc5)nc(-c5ccccc5)n4)cc3N(c3ccccc3)c3ccccc3)c12. The van der Waals surface area contributed by atoms with E-state index >= 15 is 0 Å². The average Bonchev–Trinajstić information content (AvgIpc) is 3.72. The lowest BCUT2D eigenvalue weighted by Gasteiger charge is -2.34. The Kier molecular flexibility index (Phi) is 10.1. The highest BCUT2D eigenvalue weighted by Gasteiger charge is 2.30. The number of anilines is 6. The molecule has 0 N–H and O–H groups in total. The summed E-state index contributed by atoms with van der Waals surface area (Å²) < 4.78 is 2.39. The number of nitrogens with zero attached hydrogens (tertiary/aromatic N) is 8. The van der Waals surface area contributed by atoms with Crippen LogP contribution in [0.15, 0.2) is 219 Å². The van der Waals surface area contributed by atoms with Gasteiger partial charge in [0.05, 0.1) is 28.1 Å². The molecule has 7 aromatic carbocycles. The Balaban J connectivity index is 1.36. The van der Waals surface area contributed by atoms with Crippen LogP contribution in [0.4, 0.5) is 34.1 Å². The zero-order chi connectivity index (χ0) is 43.7. The van der Waals surface area contributed by atoms with Gasteiger partial charge in [-0.25, -0.2) is 15.0 Å². The summed E-state index contributed by atoms with van der Waals surface area (Å²) in [5.74, 6) is 1.70. The van der Waals surface area contributed by atoms with Crippen LogP contribution in [0, 0.1) is 13.8 Å². The van der Waals surface area contributed by atoms with Gasteiger partial charge in [-0.15, -0.1) is 0 Å². The second kappa shape index (κ2) is 16.8. The monoisotopic (exact) mass is 838 g/mol. The minimum absolute atomic E-state index is 0.534. The van der Waals surface area contributed by atoms with Gasteiger partial charge in [0.15, 0.2) is 17.5 Å². The lowest BCUT2D eigenvalue weighted by atomic mass is 10.0. The Hall–Kier alpha value is -8.75. The van der Waals surface area contributed by atoms with Crippen molar-refractivity contribution >= 4 is 56.2 Å². The lowest BCUT2D eigenvalue weighted by Crippen LogP contribution is -2.18. The molecule has 0 spiro atoms. The molecule has 0 saturated carbocycles. The smallest absolute Gasteiger partial charge is 0.164 e. The van der Waals surface area contributed by atoms with Crippen molar-refractivity contribution < 1.29 is 0 Å². The molecule has 4 heterocycles. The molecule has 8 nitrogen and oxygen atoms in total. The van der Waals surface area contributed by atoms with Crippen LogP contribution < -0.4 is 9.80 Å². The molecule has 0 unspecified atom stereocenters. The maximum absolute atomic E-state index is 5.33. The summed E-state index contributed by atoms with van der Waals surface area (Å²) in [5, 5.41) is 0. The van der Waals surface area contributed by atoms with Crippen molar-refractivity contribution in [2.45, 2.75) is 13.8 Å². The number of fused-ring (bicyclic) bond motifs is 3. The first kappa shape index (κ1) is 39.1. The van der Waals surface area contributed by atoms with Gasteiger partial charge in [-0.3, -0.25) is 9.97 Å². The Bertz CT molecular complexity index is 3140. The molecule has 0 aliphatic carbocycles. The molecule has 0 amide bonds. The molecule has 0 aliphatic heterocycles. The molecule has 0 radical (unpaired) electrons. The molecular weight excluding hydrogens is 797 g/mol. The summed E-state index contributed by atoms with van der Waals surface area (Å²) in [7, 11) is 0. The molecule has 8 heteroatoms. The molecule has 65 heavy (non-hydrogen) atoms. The summed E-state index contributed by atoms with van der Waals surface area (Å²) in [6.45, 7) is 4.31. The zero-order valence-electron chi connectivity index (χ0n) is 35.9. The zero-order valence-corrected chi connectivity index (χ0v) is 35.9. The fourth-order valence-electron chi connectivity index (χ4n) is 8.75. The molecule has 0 aliphatic rings. The van der Waals surface area contributed by atoms with E-state index in [1.165, 1.54) is 0 Å². The lowest BCUT2D eigenvalue weighted by molar-refractivity contribution is 1.07. The summed E-state index contributed by atoms with van der Waals surface area (Å²) in [6.07, 6.45) is 3.76. The third kappa shape index (κ3) is 7.23. The van der Waals surface area contributed by atoms with Crippen LogP contribution in [0.2, 0.25) is 0 Å². The second-order valence-electron chi connectivity index (χ2n) is 15.9. The van der Waals surface area contributed by atoms with E-state index in [0.717, 1.165) is 89.7 Å². The fourth-order valence-corrected chi connectivity index (χ4v) is 8.75. The molecular formula is C57H42N8. The number of benzene rings is 7. The van der Waals surface area contributed by atoms with Crippen molar-refractivity contribution in [3.05, 3.63) is 230 Å². The van der Waals surface area contributed by atoms with Crippen LogP contribution >= 0.6 is 0 Å². The van der Waals surface area contributed by atoms with Gasteiger partial charge in [0, 0.05) is 51.8 Å². The van der Waals surface area contributed by atoms with Crippen LogP contribution in [-0.4, -0.2) is 29.5 Å². The number of hydrogen-bond donors (Lipinski definition) is 0. The van der Waals surface area contributed by atoms with E-state index in [-0.39, 0.29) is 0 Å². The Morgan fingerprint density at radius 3 is 1.00 bits per heavy atom. The Labute approximate surface area is 377 Å². The largest absolute Gasteiger partial charge is 0.308 e. The Morgan fingerprint density at radius 2 is 0.662 bits per heavy atom. The molecule has 0 atom stereocenters. The molecule has 11 aromatic rings. The van der Waals surface area contributed by atoms with E-state index < -0.39 is 0 Å². The van der Waals surface area contributed by atoms with Gasteiger partial charge in [-0.05, 0) is 97.8 Å². The van der Waals surface area contributed by atoms with Crippen LogP contribution in [0.3, 0.4) is 0 Å². The second-order valence-corrected chi connectivity index (χ2v) is 15.9. The van der Waals surface area contributed by atoms with Gasteiger partial charge < -0.3 is 14.4 Å². The number of aromatic nitrogens is 6. The highest BCUT2D eigenvalue weighted by atomic mass is 15.2. The van der Waals surface area contributed by atoms with Gasteiger partial charge >= 0.3 is 0 Å². The number of aryl methyl sites for hydroxylation is 2. The molecule has 4 aromatic heterocycles. The van der Waals surface area contributed by atoms with Crippen molar-refractivity contribution in [1.29, 1.82) is 0 Å². The van der Waals surface area contributed by atoms with Gasteiger partial charge in [-0.2, -0.15) is 0 Å². The van der Waals surface area contributed by atoms with Crippen molar-refractivity contribution in [1.82, 2.24) is 29.5 Å². The van der Waals surface area contributed by atoms with E-state index in [4.69, 9.17) is 24.9 Å². The van der Waals surface area contributed by atoms with Crippen molar-refractivity contribution in [2.75, 3.05) is 9.80 Å². The Morgan fingerprint density at radius 1 is 0.354 bits per heavy atom. The number of rotatable bonds is 10. The maximum atomic E-state index is 5.33. The topological polar surface area (TPSA) is 75.9 Å². The van der Waals surface area contributed by atoms with E-state index in [9.17, 15) is 0 Å². The molecule has 0 bridgehead atoms. The standard InChI is InChI=1S/C57H42N8/c1-39-33-35-58-50-51-53(40(2)34-36-59-51)65(52(39)50)54-48(63(44-25-13-5-14-26-44)45-27-15-6-16-28-45)37-43(38-49(54)64(46-29-17-7-18-30-46)47-31-19-8-20-32-47)57-61-55(41-21-9-3-10-22-41)60-56(62-57)42-23-11-4-12-24-42/h3-38H,1-2H3. The third-order valence-corrected chi connectivity index (χ3v) is 11.7. The maximum Gasteiger partial charge on any atom is 0.164 e. The first-order chi connectivity index (χ1) is 32.1. The van der Waals surface area contributed by atoms with E-state index in [2.05, 4.69) is 174 Å². The first-order valence-electron chi connectivity index (χ1n) is 21.7. The van der Waals surface area contributed by atoms with Crippen LogP contribution in [0.25, 0.3) is 61.9 Å². The average molecular weight is 839 g/mol. The number of hydrogen-bond acceptors (Lipinski definition) is 7. The first-order valence-corrected chi connectivity index (χ1v) is 21.7. The van der Waals surface area contributed by atoms with Gasteiger partial charge in [0.25, 0.3) is 0 Å². The molecule has 310 valence electrons. The summed E-state index contributed by atoms with van der Waals surface area (Å²) in [6, 6.07) is 71.1. The number of pyridine rings is 2. The van der Waals surface area contributed by atoms with Crippen LogP contribution in [0.5, 0.6) is 0 Å². The van der Waals surface area contributed by atoms with Crippen molar-refractivity contribution in [2.24, 2.45) is 0 Å². The minimum atomic E-state index is 0.534. The van der Waals surface area contributed by atoms with Gasteiger partial charge in [0.2, 0.25) is 0 Å². The highest BCUT2D eigenvalue weighted by molar-refractivity contribution is 6.09. The molecule has 0 fully saturated rings. The van der Waals surface area contributed by atoms with Crippen molar-refractivity contribution in [3.63, 3.8) is 0 Å². The molecule has 0 saturated heterocycles. The van der Waals surface area contributed by atoms with Crippen LogP contribution in [0.1, 0.15) is 11.1 Å². The van der Waals surface area contributed by atoms with E-state index in [1.54, 1.807) is 0 Å². The van der Waals surface area contributed by atoms with E-state index in [1.807, 2.05) is 73.1 Å². The normalized spacial score (nSPS) is 11.2. The predicted molar refractivity (Wildman–Crippen MR) is 265 cm³/mol. The fraction of sp³-hybridized carbons (Fsp3) is 0.0351. The number of para-hydroxylation sites is 4. The summed E-state index contributed by atoms with van der Waals surface area (Å²) in [4.78, 5) is 30.5. The quantitative estimate of drug-likeness (QED) is 0.136. The van der Waals surface area contributed by atoms with Gasteiger partial charge in [0.1, 0.15) is 11.0 Å². The molecule has 11 rings (SSSR count). The van der Waals surface area contributed by atoms with Crippen molar-refractivity contribution in [3.8, 4) is 39.9 Å².